The van der Waals surface area contributed by atoms with Crippen LogP contribution in [-0.2, 0) is 4.74 Å². The third-order valence-electron chi connectivity index (χ3n) is 4.95. The van der Waals surface area contributed by atoms with E-state index in [2.05, 4.69) is 26.3 Å². The van der Waals surface area contributed by atoms with E-state index in [0.717, 1.165) is 34.4 Å². The van der Waals surface area contributed by atoms with Crippen LogP contribution in [0.25, 0.3) is 16.9 Å². The zero-order chi connectivity index (χ0) is 20.4. The van der Waals surface area contributed by atoms with Crippen molar-refractivity contribution in [3.05, 3.63) is 46.0 Å². The monoisotopic (exact) mass is 477 g/mol. The summed E-state index contributed by atoms with van der Waals surface area (Å²) in [6, 6.07) is 9.82. The molecule has 0 unspecified atom stereocenters. The third kappa shape index (κ3) is 4.18. The van der Waals surface area contributed by atoms with E-state index in [4.69, 9.17) is 21.3 Å². The molecule has 1 aliphatic heterocycles. The van der Waals surface area contributed by atoms with Crippen LogP contribution in [0.1, 0.15) is 19.8 Å². The summed E-state index contributed by atoms with van der Waals surface area (Å²) in [5, 5.41) is 8.66. The van der Waals surface area contributed by atoms with Crippen LogP contribution in [0.2, 0.25) is 5.02 Å². The summed E-state index contributed by atoms with van der Waals surface area (Å²) >= 11 is 9.92. The van der Waals surface area contributed by atoms with Gasteiger partial charge in [-0.1, -0.05) is 29.8 Å². The van der Waals surface area contributed by atoms with Crippen molar-refractivity contribution in [3.63, 3.8) is 0 Å². The first kappa shape index (κ1) is 20.0. The van der Waals surface area contributed by atoms with Gasteiger partial charge in [0.05, 0.1) is 23.0 Å². The second-order valence-corrected chi connectivity index (χ2v) is 8.10. The zero-order valence-electron chi connectivity index (χ0n) is 15.9. The van der Waals surface area contributed by atoms with Crippen LogP contribution >= 0.6 is 27.5 Å². The normalized spacial score (nSPS) is 14.9. The number of hydrogen-bond donors (Lipinski definition) is 1. The van der Waals surface area contributed by atoms with Gasteiger partial charge in [-0.25, -0.2) is 9.78 Å². The topological polar surface area (TPSA) is 71.8 Å². The number of fused-ring (bicyclic) bond motifs is 1. The van der Waals surface area contributed by atoms with Crippen molar-refractivity contribution in [2.75, 3.05) is 25.0 Å². The minimum absolute atomic E-state index is 0.216. The Labute approximate surface area is 182 Å². The van der Waals surface area contributed by atoms with Gasteiger partial charge in [-0.2, -0.15) is 9.61 Å². The highest BCUT2D eigenvalue weighted by Gasteiger charge is 2.24. The van der Waals surface area contributed by atoms with Crippen molar-refractivity contribution in [2.45, 2.75) is 25.8 Å². The van der Waals surface area contributed by atoms with Crippen molar-refractivity contribution in [2.24, 2.45) is 0 Å². The highest BCUT2D eigenvalue weighted by molar-refractivity contribution is 9.10. The van der Waals surface area contributed by atoms with Gasteiger partial charge < -0.3 is 15.0 Å². The highest BCUT2D eigenvalue weighted by atomic mass is 79.9. The summed E-state index contributed by atoms with van der Waals surface area (Å²) < 4.78 is 7.69. The Morgan fingerprint density at radius 3 is 2.83 bits per heavy atom. The molecule has 0 bridgehead atoms. The van der Waals surface area contributed by atoms with Crippen LogP contribution in [0.5, 0.6) is 0 Å². The minimum atomic E-state index is -0.241. The zero-order valence-corrected chi connectivity index (χ0v) is 18.3. The van der Waals surface area contributed by atoms with Gasteiger partial charge in [0.1, 0.15) is 5.82 Å². The van der Waals surface area contributed by atoms with E-state index in [9.17, 15) is 4.79 Å². The SMILES string of the molecule is CCOC(=O)N1CCC(Nc2cc(-c3ccccc3Cl)nc3c(Br)cnn23)CC1. The number of nitrogens with zero attached hydrogens (tertiary/aromatic N) is 4. The number of benzene rings is 1. The molecule has 7 nitrogen and oxygen atoms in total. The number of amides is 1. The largest absolute Gasteiger partial charge is 0.450 e. The number of likely N-dealkylation sites (tertiary alicyclic amines) is 1. The van der Waals surface area contributed by atoms with Crippen molar-refractivity contribution in [1.82, 2.24) is 19.5 Å². The average molecular weight is 479 g/mol. The lowest BCUT2D eigenvalue weighted by atomic mass is 10.1. The quantitative estimate of drug-likeness (QED) is 0.581. The smallest absolute Gasteiger partial charge is 0.409 e. The molecule has 0 atom stereocenters. The molecule has 1 aromatic carbocycles. The van der Waals surface area contributed by atoms with Crippen molar-refractivity contribution in [1.29, 1.82) is 0 Å². The van der Waals surface area contributed by atoms with Gasteiger partial charge in [0, 0.05) is 35.8 Å². The Balaban J connectivity index is 1.59. The van der Waals surface area contributed by atoms with E-state index < -0.39 is 0 Å². The molecule has 3 heterocycles. The van der Waals surface area contributed by atoms with Gasteiger partial charge in [0.15, 0.2) is 5.65 Å². The molecule has 3 aromatic rings. The number of halogens is 2. The molecule has 0 aliphatic carbocycles. The van der Waals surface area contributed by atoms with Crippen LogP contribution in [0.3, 0.4) is 0 Å². The first-order valence-corrected chi connectivity index (χ1v) is 10.7. The fraction of sp³-hybridized carbons (Fsp3) is 0.350. The lowest BCUT2D eigenvalue weighted by Crippen LogP contribution is -2.42. The third-order valence-corrected chi connectivity index (χ3v) is 5.84. The van der Waals surface area contributed by atoms with Gasteiger partial charge in [-0.05, 0) is 41.8 Å². The number of rotatable bonds is 4. The second kappa shape index (κ2) is 8.59. The number of hydrogen-bond acceptors (Lipinski definition) is 5. The van der Waals surface area contributed by atoms with E-state index >= 15 is 0 Å². The molecular formula is C20H21BrClN5O2. The maximum atomic E-state index is 11.9. The number of ether oxygens (including phenoxy) is 1. The molecular weight excluding hydrogens is 458 g/mol. The van der Waals surface area contributed by atoms with Crippen LogP contribution in [0.4, 0.5) is 10.6 Å². The molecule has 1 aliphatic rings. The number of piperidine rings is 1. The maximum Gasteiger partial charge on any atom is 0.409 e. The molecule has 4 rings (SSSR count). The molecule has 0 radical (unpaired) electrons. The first-order valence-electron chi connectivity index (χ1n) is 9.54. The summed E-state index contributed by atoms with van der Waals surface area (Å²) in [7, 11) is 0. The molecule has 0 spiro atoms. The molecule has 1 amide bonds. The summed E-state index contributed by atoms with van der Waals surface area (Å²) in [4.78, 5) is 18.4. The molecule has 2 aromatic heterocycles. The van der Waals surface area contributed by atoms with Crippen LogP contribution in [0, 0.1) is 0 Å². The fourth-order valence-electron chi connectivity index (χ4n) is 3.48. The summed E-state index contributed by atoms with van der Waals surface area (Å²) in [6.07, 6.45) is 3.14. The van der Waals surface area contributed by atoms with Crippen molar-refractivity contribution >= 4 is 45.1 Å². The van der Waals surface area contributed by atoms with E-state index in [1.807, 2.05) is 37.3 Å². The molecule has 0 saturated carbocycles. The Bertz CT molecular complexity index is 1030. The van der Waals surface area contributed by atoms with Gasteiger partial charge in [-0.3, -0.25) is 0 Å². The fourth-order valence-corrected chi connectivity index (χ4v) is 4.06. The van der Waals surface area contributed by atoms with Gasteiger partial charge in [0.2, 0.25) is 0 Å². The Morgan fingerprint density at radius 1 is 1.34 bits per heavy atom. The second-order valence-electron chi connectivity index (χ2n) is 6.84. The first-order chi connectivity index (χ1) is 14.1. The summed E-state index contributed by atoms with van der Waals surface area (Å²) in [6.45, 7) is 3.53. The van der Waals surface area contributed by atoms with Crippen LogP contribution < -0.4 is 5.32 Å². The van der Waals surface area contributed by atoms with E-state index in [-0.39, 0.29) is 12.1 Å². The van der Waals surface area contributed by atoms with Crippen LogP contribution in [-0.4, -0.2) is 51.3 Å². The molecule has 9 heteroatoms. The Morgan fingerprint density at radius 2 is 2.10 bits per heavy atom. The van der Waals surface area contributed by atoms with E-state index in [1.165, 1.54) is 0 Å². The molecule has 29 heavy (non-hydrogen) atoms. The minimum Gasteiger partial charge on any atom is -0.450 e. The number of aromatic nitrogens is 3. The number of carbonyl (C=O) groups excluding carboxylic acids is 1. The van der Waals surface area contributed by atoms with Crippen molar-refractivity contribution in [3.8, 4) is 11.3 Å². The number of anilines is 1. The lowest BCUT2D eigenvalue weighted by Gasteiger charge is -2.32. The lowest BCUT2D eigenvalue weighted by molar-refractivity contribution is 0.0983. The van der Waals surface area contributed by atoms with E-state index in [0.29, 0.717) is 30.4 Å². The van der Waals surface area contributed by atoms with Crippen molar-refractivity contribution < 1.29 is 9.53 Å². The van der Waals surface area contributed by atoms with Crippen LogP contribution in [0.15, 0.2) is 41.0 Å². The number of nitrogens with one attached hydrogen (secondary N) is 1. The molecule has 1 N–H and O–H groups in total. The number of carbonyl (C=O) groups is 1. The van der Waals surface area contributed by atoms with Gasteiger partial charge in [0.25, 0.3) is 0 Å². The summed E-state index contributed by atoms with van der Waals surface area (Å²) in [5.41, 5.74) is 2.36. The molecule has 1 saturated heterocycles. The maximum absolute atomic E-state index is 11.9. The standard InChI is InChI=1S/C20H21BrClN5O2/c1-2-29-20(28)26-9-7-13(8-10-26)24-18-11-17(14-5-3-4-6-16(14)22)25-19-15(21)12-23-27(18)19/h3-6,11-13,24H,2,7-10H2,1H3. The summed E-state index contributed by atoms with van der Waals surface area (Å²) in [5.74, 6) is 0.838. The van der Waals surface area contributed by atoms with E-state index in [1.54, 1.807) is 15.6 Å². The Kier molecular flexibility index (Phi) is 5.91. The molecule has 1 fully saturated rings. The molecule has 152 valence electrons. The predicted molar refractivity (Wildman–Crippen MR) is 116 cm³/mol. The van der Waals surface area contributed by atoms with Gasteiger partial charge >= 0.3 is 6.09 Å². The highest BCUT2D eigenvalue weighted by Crippen LogP contribution is 2.31. The predicted octanol–water partition coefficient (Wildman–Crippen LogP) is 4.85. The Hall–Kier alpha value is -2.32. The van der Waals surface area contributed by atoms with Gasteiger partial charge in [-0.15, -0.1) is 0 Å². The average Bonchev–Trinajstić information content (AvgIpc) is 3.10.